The van der Waals surface area contributed by atoms with Crippen LogP contribution in [0.2, 0.25) is 0 Å². The van der Waals surface area contributed by atoms with E-state index >= 15 is 0 Å². The van der Waals surface area contributed by atoms with E-state index in [9.17, 15) is 14.7 Å². The molecule has 1 unspecified atom stereocenters. The number of anilines is 2. The summed E-state index contributed by atoms with van der Waals surface area (Å²) >= 11 is 1.41. The third kappa shape index (κ3) is 5.25. The number of aromatic nitrogens is 3. The van der Waals surface area contributed by atoms with Crippen LogP contribution < -0.4 is 15.4 Å². The van der Waals surface area contributed by atoms with Gasteiger partial charge in [-0.2, -0.15) is 4.98 Å². The number of carbonyl (C=O) groups excluding carboxylic acids is 1. The van der Waals surface area contributed by atoms with Gasteiger partial charge < -0.3 is 14.7 Å². The molecular weight excluding hydrogens is 420 g/mol. The smallest absolute Gasteiger partial charge is 0.407 e. The van der Waals surface area contributed by atoms with Crippen LogP contribution in [0.25, 0.3) is 10.6 Å². The molecule has 1 atom stereocenters. The van der Waals surface area contributed by atoms with Crippen molar-refractivity contribution in [2.45, 2.75) is 18.9 Å². The van der Waals surface area contributed by atoms with Gasteiger partial charge in [-0.15, -0.1) is 11.3 Å². The fourth-order valence-electron chi connectivity index (χ4n) is 3.23. The van der Waals surface area contributed by atoms with Crippen molar-refractivity contribution >= 4 is 35.1 Å². The zero-order chi connectivity index (χ0) is 21.6. The standard InChI is InChI=1S/C20H20N6O4S/c27-19(25-16-12-31-18(23-16)13-6-8-21-9-7-13)24-15-4-1-5-17(22-15)30-11-14-3-2-10-26(14)20(28)29/h1,4-9,12,14H,2-3,10-11H2,(H,28,29)(H2,22,24,25,27). The van der Waals surface area contributed by atoms with Crippen LogP contribution in [0.4, 0.5) is 21.2 Å². The normalized spacial score (nSPS) is 15.5. The van der Waals surface area contributed by atoms with E-state index in [1.807, 2.05) is 12.1 Å². The number of thiazole rings is 1. The average molecular weight is 440 g/mol. The second kappa shape index (κ2) is 9.39. The molecule has 1 aliphatic rings. The summed E-state index contributed by atoms with van der Waals surface area (Å²) in [6.07, 6.45) is 3.99. The molecule has 31 heavy (non-hydrogen) atoms. The minimum atomic E-state index is -0.944. The lowest BCUT2D eigenvalue weighted by Crippen LogP contribution is -2.38. The summed E-state index contributed by atoms with van der Waals surface area (Å²) < 4.78 is 5.66. The van der Waals surface area contributed by atoms with E-state index in [0.29, 0.717) is 24.1 Å². The van der Waals surface area contributed by atoms with E-state index in [4.69, 9.17) is 4.74 Å². The van der Waals surface area contributed by atoms with Gasteiger partial charge >= 0.3 is 12.1 Å². The van der Waals surface area contributed by atoms with Gasteiger partial charge in [0.05, 0.1) is 6.04 Å². The first-order valence-corrected chi connectivity index (χ1v) is 10.5. The molecule has 1 fully saturated rings. The molecule has 4 rings (SSSR count). The number of pyridine rings is 2. The number of carboxylic acid groups (broad SMARTS) is 1. The van der Waals surface area contributed by atoms with Crippen LogP contribution in [-0.4, -0.2) is 56.3 Å². The van der Waals surface area contributed by atoms with Crippen molar-refractivity contribution in [2.75, 3.05) is 23.8 Å². The second-order valence-corrected chi connectivity index (χ2v) is 7.66. The molecule has 3 aromatic rings. The quantitative estimate of drug-likeness (QED) is 0.532. The number of hydrogen-bond acceptors (Lipinski definition) is 7. The number of urea groups is 1. The predicted octanol–water partition coefficient (Wildman–Crippen LogP) is 3.77. The summed E-state index contributed by atoms with van der Waals surface area (Å²) in [7, 11) is 0. The third-order valence-corrected chi connectivity index (χ3v) is 5.58. The minimum Gasteiger partial charge on any atom is -0.475 e. The van der Waals surface area contributed by atoms with Crippen molar-refractivity contribution in [3.63, 3.8) is 0 Å². The molecule has 0 aliphatic carbocycles. The fraction of sp³-hybridized carbons (Fsp3) is 0.250. The average Bonchev–Trinajstić information content (AvgIpc) is 3.43. The molecule has 11 heteroatoms. The zero-order valence-corrected chi connectivity index (χ0v) is 17.2. The van der Waals surface area contributed by atoms with Crippen molar-refractivity contribution in [3.05, 3.63) is 48.1 Å². The van der Waals surface area contributed by atoms with E-state index in [0.717, 1.165) is 23.4 Å². The number of amides is 3. The summed E-state index contributed by atoms with van der Waals surface area (Å²) in [6, 6.07) is 8.01. The van der Waals surface area contributed by atoms with Crippen molar-refractivity contribution < 1.29 is 19.4 Å². The largest absolute Gasteiger partial charge is 0.475 e. The predicted molar refractivity (Wildman–Crippen MR) is 115 cm³/mol. The topological polar surface area (TPSA) is 130 Å². The van der Waals surface area contributed by atoms with Crippen LogP contribution in [0.5, 0.6) is 5.88 Å². The molecule has 1 aliphatic heterocycles. The molecule has 3 aromatic heterocycles. The number of ether oxygens (including phenoxy) is 1. The number of nitrogens with one attached hydrogen (secondary N) is 2. The van der Waals surface area contributed by atoms with Crippen LogP contribution in [0.3, 0.4) is 0 Å². The molecule has 1 saturated heterocycles. The molecule has 0 aromatic carbocycles. The van der Waals surface area contributed by atoms with Crippen molar-refractivity contribution in [3.8, 4) is 16.5 Å². The van der Waals surface area contributed by atoms with E-state index in [1.165, 1.54) is 16.2 Å². The molecule has 3 N–H and O–H groups in total. The van der Waals surface area contributed by atoms with Gasteiger partial charge in [-0.1, -0.05) is 6.07 Å². The van der Waals surface area contributed by atoms with E-state index in [2.05, 4.69) is 25.6 Å². The van der Waals surface area contributed by atoms with Crippen molar-refractivity contribution in [2.24, 2.45) is 0 Å². The van der Waals surface area contributed by atoms with Gasteiger partial charge in [-0.25, -0.2) is 14.6 Å². The molecule has 160 valence electrons. The fourth-order valence-corrected chi connectivity index (χ4v) is 3.99. The molecule has 4 heterocycles. The highest BCUT2D eigenvalue weighted by Crippen LogP contribution is 2.25. The Kier molecular flexibility index (Phi) is 6.22. The minimum absolute atomic E-state index is 0.196. The lowest BCUT2D eigenvalue weighted by molar-refractivity contribution is 0.122. The Balaban J connectivity index is 1.32. The maximum Gasteiger partial charge on any atom is 0.407 e. The first-order valence-electron chi connectivity index (χ1n) is 9.62. The van der Waals surface area contributed by atoms with Gasteiger partial charge in [-0.3, -0.25) is 15.6 Å². The Labute approximate surface area is 181 Å². The molecule has 0 radical (unpaired) electrons. The van der Waals surface area contributed by atoms with Crippen LogP contribution in [0, 0.1) is 0 Å². The maximum absolute atomic E-state index is 12.3. The van der Waals surface area contributed by atoms with Crippen LogP contribution >= 0.6 is 11.3 Å². The summed E-state index contributed by atoms with van der Waals surface area (Å²) in [5, 5.41) is 17.0. The van der Waals surface area contributed by atoms with Gasteiger partial charge in [0, 0.05) is 35.9 Å². The molecule has 0 bridgehead atoms. The highest BCUT2D eigenvalue weighted by Gasteiger charge is 2.29. The van der Waals surface area contributed by atoms with Gasteiger partial charge in [-0.05, 0) is 31.0 Å². The second-order valence-electron chi connectivity index (χ2n) is 6.80. The Hall–Kier alpha value is -3.73. The van der Waals surface area contributed by atoms with Crippen molar-refractivity contribution in [1.82, 2.24) is 19.9 Å². The Morgan fingerprint density at radius 2 is 1.97 bits per heavy atom. The van der Waals surface area contributed by atoms with Crippen LogP contribution in [0.1, 0.15) is 12.8 Å². The van der Waals surface area contributed by atoms with Gasteiger partial charge in [0.1, 0.15) is 23.3 Å². The van der Waals surface area contributed by atoms with Gasteiger partial charge in [0.2, 0.25) is 5.88 Å². The highest BCUT2D eigenvalue weighted by molar-refractivity contribution is 7.13. The summed E-state index contributed by atoms with van der Waals surface area (Å²) in [5.41, 5.74) is 0.920. The first-order chi connectivity index (χ1) is 15.1. The number of nitrogens with zero attached hydrogens (tertiary/aromatic N) is 4. The highest BCUT2D eigenvalue weighted by atomic mass is 32.1. The molecule has 10 nitrogen and oxygen atoms in total. The number of rotatable bonds is 6. The monoisotopic (exact) mass is 440 g/mol. The van der Waals surface area contributed by atoms with Gasteiger partial charge in [0.25, 0.3) is 0 Å². The number of likely N-dealkylation sites (tertiary alicyclic amines) is 1. The Bertz CT molecular complexity index is 1060. The molecule has 0 spiro atoms. The van der Waals surface area contributed by atoms with E-state index in [-0.39, 0.29) is 12.6 Å². The molecular formula is C20H20N6O4S. The van der Waals surface area contributed by atoms with Crippen LogP contribution in [-0.2, 0) is 0 Å². The molecule has 3 amide bonds. The first kappa shape index (κ1) is 20.5. The Morgan fingerprint density at radius 3 is 2.77 bits per heavy atom. The zero-order valence-electron chi connectivity index (χ0n) is 16.4. The van der Waals surface area contributed by atoms with Gasteiger partial charge in [0.15, 0.2) is 0 Å². The number of hydrogen-bond donors (Lipinski definition) is 3. The van der Waals surface area contributed by atoms with Crippen molar-refractivity contribution in [1.29, 1.82) is 0 Å². The summed E-state index contributed by atoms with van der Waals surface area (Å²) in [4.78, 5) is 37.5. The lowest BCUT2D eigenvalue weighted by Gasteiger charge is -2.21. The van der Waals surface area contributed by atoms with Crippen LogP contribution in [0.15, 0.2) is 48.1 Å². The maximum atomic E-state index is 12.3. The Morgan fingerprint density at radius 1 is 1.16 bits per heavy atom. The summed E-state index contributed by atoms with van der Waals surface area (Å²) in [5.74, 6) is 1.04. The molecule has 0 saturated carbocycles. The van der Waals surface area contributed by atoms with E-state index < -0.39 is 12.1 Å². The SMILES string of the molecule is O=C(Nc1cccc(OCC2CCCN2C(=O)O)n1)Nc1csc(-c2ccncc2)n1. The van der Waals surface area contributed by atoms with E-state index in [1.54, 1.807) is 36.0 Å². The lowest BCUT2D eigenvalue weighted by atomic mass is 10.2. The summed E-state index contributed by atoms with van der Waals surface area (Å²) in [6.45, 7) is 0.726. The number of carbonyl (C=O) groups is 2. The third-order valence-electron chi connectivity index (χ3n) is 4.68.